The molecule has 6 heteroatoms. The number of ether oxygens (including phenoxy) is 1. The average molecular weight is 189 g/mol. The second-order valence-corrected chi connectivity index (χ2v) is 3.10. The van der Waals surface area contributed by atoms with Crippen molar-refractivity contribution in [2.45, 2.75) is 25.2 Å². The summed E-state index contributed by atoms with van der Waals surface area (Å²) in [5, 5.41) is 12.8. The molecule has 0 spiro atoms. The summed E-state index contributed by atoms with van der Waals surface area (Å²) in [6.45, 7) is 1.09. The van der Waals surface area contributed by atoms with Gasteiger partial charge >= 0.3 is 0 Å². The molecule has 0 saturated carbocycles. The molecule has 0 aromatic rings. The van der Waals surface area contributed by atoms with E-state index in [1.54, 1.807) is 6.92 Å². The molecule has 5 nitrogen and oxygen atoms in total. The SMILES string of the molecule is C[C@@H]1O[C@H](CF)[C@H](CN=[N+]=[N-])C1O. The monoisotopic (exact) mass is 189 g/mol. The van der Waals surface area contributed by atoms with E-state index in [0.29, 0.717) is 0 Å². The minimum atomic E-state index is -0.744. The van der Waals surface area contributed by atoms with Crippen molar-refractivity contribution in [3.8, 4) is 0 Å². The molecule has 1 fully saturated rings. The fourth-order valence-corrected chi connectivity index (χ4v) is 1.53. The van der Waals surface area contributed by atoms with Crippen LogP contribution >= 0.6 is 0 Å². The summed E-state index contributed by atoms with van der Waals surface area (Å²) >= 11 is 0. The average Bonchev–Trinajstić information content (AvgIpc) is 2.40. The van der Waals surface area contributed by atoms with Crippen LogP contribution in [-0.2, 0) is 4.74 Å². The number of aliphatic hydroxyl groups excluding tert-OH is 1. The molecule has 13 heavy (non-hydrogen) atoms. The van der Waals surface area contributed by atoms with Crippen LogP contribution in [-0.4, -0.2) is 36.6 Å². The lowest BCUT2D eigenvalue weighted by atomic mass is 9.97. The topological polar surface area (TPSA) is 78.2 Å². The molecule has 1 N–H and O–H groups in total. The molecule has 0 radical (unpaired) electrons. The summed E-state index contributed by atoms with van der Waals surface area (Å²) in [5.41, 5.74) is 8.08. The molecule has 1 aliphatic rings. The molecule has 1 saturated heterocycles. The van der Waals surface area contributed by atoms with Crippen LogP contribution in [0.2, 0.25) is 0 Å². The van der Waals surface area contributed by atoms with Crippen LogP contribution in [0.15, 0.2) is 5.11 Å². The van der Waals surface area contributed by atoms with Crippen molar-refractivity contribution in [1.29, 1.82) is 0 Å². The molecule has 0 aliphatic carbocycles. The van der Waals surface area contributed by atoms with Crippen molar-refractivity contribution < 1.29 is 14.2 Å². The number of rotatable bonds is 3. The minimum Gasteiger partial charge on any atom is -0.390 e. The van der Waals surface area contributed by atoms with E-state index in [0.717, 1.165) is 0 Å². The lowest BCUT2D eigenvalue weighted by Crippen LogP contribution is -2.29. The number of nitrogens with zero attached hydrogens (tertiary/aromatic N) is 3. The summed E-state index contributed by atoms with van der Waals surface area (Å²) in [7, 11) is 0. The van der Waals surface area contributed by atoms with Crippen molar-refractivity contribution >= 4 is 0 Å². The molecule has 0 bridgehead atoms. The van der Waals surface area contributed by atoms with E-state index < -0.39 is 24.8 Å². The van der Waals surface area contributed by atoms with Crippen LogP contribution in [0, 0.1) is 5.92 Å². The molecular formula is C7H12FN3O2. The van der Waals surface area contributed by atoms with E-state index in [4.69, 9.17) is 10.3 Å². The van der Waals surface area contributed by atoms with Crippen molar-refractivity contribution in [2.75, 3.05) is 13.2 Å². The first kappa shape index (κ1) is 10.2. The third-order valence-electron chi connectivity index (χ3n) is 2.29. The number of aliphatic hydroxyl groups is 1. The van der Waals surface area contributed by atoms with Gasteiger partial charge in [0.2, 0.25) is 0 Å². The van der Waals surface area contributed by atoms with Crippen molar-refractivity contribution in [2.24, 2.45) is 11.0 Å². The van der Waals surface area contributed by atoms with Gasteiger partial charge in [0, 0.05) is 17.4 Å². The van der Waals surface area contributed by atoms with E-state index in [9.17, 15) is 9.50 Å². The molecular weight excluding hydrogens is 177 g/mol. The van der Waals surface area contributed by atoms with Crippen LogP contribution < -0.4 is 0 Å². The van der Waals surface area contributed by atoms with Crippen LogP contribution in [0.3, 0.4) is 0 Å². The summed E-state index contributed by atoms with van der Waals surface area (Å²) in [6.07, 6.45) is -1.78. The Morgan fingerprint density at radius 2 is 2.38 bits per heavy atom. The Morgan fingerprint density at radius 1 is 1.69 bits per heavy atom. The highest BCUT2D eigenvalue weighted by Crippen LogP contribution is 2.27. The Balaban J connectivity index is 2.61. The maximum absolute atomic E-state index is 12.4. The Labute approximate surface area is 75.1 Å². The molecule has 1 rings (SSSR count). The van der Waals surface area contributed by atoms with E-state index >= 15 is 0 Å². The highest BCUT2D eigenvalue weighted by atomic mass is 19.1. The highest BCUT2D eigenvalue weighted by Gasteiger charge is 2.40. The Morgan fingerprint density at radius 3 is 2.92 bits per heavy atom. The van der Waals surface area contributed by atoms with E-state index in [2.05, 4.69) is 10.0 Å². The zero-order valence-corrected chi connectivity index (χ0v) is 7.30. The van der Waals surface area contributed by atoms with Gasteiger partial charge in [0.05, 0.1) is 18.3 Å². The van der Waals surface area contributed by atoms with Gasteiger partial charge in [0.1, 0.15) is 6.67 Å². The Hall–Kier alpha value is -0.840. The first-order valence-electron chi connectivity index (χ1n) is 4.11. The second-order valence-electron chi connectivity index (χ2n) is 3.10. The van der Waals surface area contributed by atoms with Crippen LogP contribution in [0.1, 0.15) is 6.92 Å². The van der Waals surface area contributed by atoms with Gasteiger partial charge < -0.3 is 9.84 Å². The molecule has 0 amide bonds. The lowest BCUT2D eigenvalue weighted by Gasteiger charge is -2.14. The number of hydrogen-bond acceptors (Lipinski definition) is 3. The van der Waals surface area contributed by atoms with Gasteiger partial charge in [-0.15, -0.1) is 0 Å². The number of azide groups is 1. The van der Waals surface area contributed by atoms with Crippen molar-refractivity contribution in [3.63, 3.8) is 0 Å². The van der Waals surface area contributed by atoms with Gasteiger partial charge in [0.15, 0.2) is 0 Å². The summed E-state index contributed by atoms with van der Waals surface area (Å²) in [6, 6.07) is 0. The minimum absolute atomic E-state index is 0.0800. The number of alkyl halides is 1. The van der Waals surface area contributed by atoms with Gasteiger partial charge in [-0.1, -0.05) is 5.11 Å². The normalized spacial score (nSPS) is 38.7. The van der Waals surface area contributed by atoms with Gasteiger partial charge in [-0.05, 0) is 12.5 Å². The fourth-order valence-electron chi connectivity index (χ4n) is 1.53. The third-order valence-corrected chi connectivity index (χ3v) is 2.29. The fraction of sp³-hybridized carbons (Fsp3) is 1.00. The van der Waals surface area contributed by atoms with Gasteiger partial charge in [0.25, 0.3) is 0 Å². The summed E-state index contributed by atoms with van der Waals surface area (Å²) in [5.74, 6) is -0.420. The Bertz CT molecular complexity index is 220. The van der Waals surface area contributed by atoms with Gasteiger partial charge in [-0.2, -0.15) is 0 Å². The van der Waals surface area contributed by atoms with Crippen molar-refractivity contribution in [1.82, 2.24) is 0 Å². The zero-order valence-electron chi connectivity index (χ0n) is 7.30. The van der Waals surface area contributed by atoms with Gasteiger partial charge in [-0.25, -0.2) is 4.39 Å². The molecule has 1 aliphatic heterocycles. The van der Waals surface area contributed by atoms with Gasteiger partial charge in [-0.3, -0.25) is 0 Å². The number of hydrogen-bond donors (Lipinski definition) is 1. The van der Waals surface area contributed by atoms with E-state index in [-0.39, 0.29) is 12.6 Å². The van der Waals surface area contributed by atoms with Crippen LogP contribution in [0.5, 0.6) is 0 Å². The molecule has 1 unspecified atom stereocenters. The Kier molecular flexibility index (Phi) is 3.48. The predicted molar refractivity (Wildman–Crippen MR) is 43.8 cm³/mol. The molecule has 0 aromatic carbocycles. The maximum atomic E-state index is 12.4. The van der Waals surface area contributed by atoms with Crippen molar-refractivity contribution in [3.05, 3.63) is 10.4 Å². The second kappa shape index (κ2) is 4.41. The number of halogens is 1. The third kappa shape index (κ3) is 2.09. The quantitative estimate of drug-likeness (QED) is 0.409. The summed E-state index contributed by atoms with van der Waals surface area (Å²) in [4.78, 5) is 2.56. The predicted octanol–water partition coefficient (Wildman–Crippen LogP) is 1.03. The first-order chi connectivity index (χ1) is 6.20. The largest absolute Gasteiger partial charge is 0.390 e. The molecule has 4 atom stereocenters. The van der Waals surface area contributed by atoms with Crippen LogP contribution in [0.4, 0.5) is 4.39 Å². The maximum Gasteiger partial charge on any atom is 0.116 e. The lowest BCUT2D eigenvalue weighted by molar-refractivity contribution is 0.0128. The summed E-state index contributed by atoms with van der Waals surface area (Å²) < 4.78 is 17.5. The molecule has 0 aromatic heterocycles. The highest BCUT2D eigenvalue weighted by molar-refractivity contribution is 4.89. The molecule has 74 valence electrons. The molecule has 1 heterocycles. The smallest absolute Gasteiger partial charge is 0.116 e. The van der Waals surface area contributed by atoms with E-state index in [1.807, 2.05) is 0 Å². The standard InChI is InChI=1S/C7H12FN3O2/c1-4-7(12)5(3-10-11-9)6(2-8)13-4/h4-7,12H,2-3H2,1H3/t4-,5-,6+,7?/m0/s1. The van der Waals surface area contributed by atoms with Crippen LogP contribution in [0.25, 0.3) is 10.4 Å². The first-order valence-corrected chi connectivity index (χ1v) is 4.11. The zero-order chi connectivity index (χ0) is 9.84. The van der Waals surface area contributed by atoms with E-state index in [1.165, 1.54) is 0 Å².